The predicted molar refractivity (Wildman–Crippen MR) is 164 cm³/mol. The van der Waals surface area contributed by atoms with Gasteiger partial charge in [-0.25, -0.2) is 0 Å². The summed E-state index contributed by atoms with van der Waals surface area (Å²) in [7, 11) is 0. The first-order valence-electron chi connectivity index (χ1n) is 15.6. The zero-order chi connectivity index (χ0) is 32.3. The number of carbonyl (C=O) groups is 5. The van der Waals surface area contributed by atoms with Gasteiger partial charge in [0, 0.05) is 19.5 Å². The Hall–Kier alpha value is -3.35. The zero-order valence-corrected chi connectivity index (χ0v) is 26.6. The highest BCUT2D eigenvalue weighted by molar-refractivity contribution is 5.98. The first kappa shape index (κ1) is 35.1. The maximum Gasteiger partial charge on any atom is 0.243 e. The Morgan fingerprint density at radius 3 is 1.98 bits per heavy atom. The van der Waals surface area contributed by atoms with E-state index < -0.39 is 41.4 Å². The van der Waals surface area contributed by atoms with Crippen LogP contribution < -0.4 is 21.3 Å². The Balaban J connectivity index is 1.67. The van der Waals surface area contributed by atoms with Crippen LogP contribution >= 0.6 is 0 Å². The molecule has 0 aliphatic carbocycles. The third kappa shape index (κ3) is 11.6. The Kier molecular flexibility index (Phi) is 13.3. The number of hydrogen-bond acceptors (Lipinski definition) is 8. The molecule has 1 aromatic carbocycles. The molecule has 4 N–H and O–H groups in total. The molecule has 4 atom stereocenters. The summed E-state index contributed by atoms with van der Waals surface area (Å²) in [6, 6.07) is 6.56. The van der Waals surface area contributed by atoms with E-state index in [2.05, 4.69) is 21.3 Å². The summed E-state index contributed by atoms with van der Waals surface area (Å²) in [5.74, 6) is -1.82. The largest absolute Gasteiger partial charge is 0.379 e. The number of ether oxygens (including phenoxy) is 2. The van der Waals surface area contributed by atoms with Gasteiger partial charge in [0.15, 0.2) is 5.78 Å². The number of nitrogens with zero attached hydrogens (tertiary/aromatic N) is 1. The van der Waals surface area contributed by atoms with Crippen molar-refractivity contribution in [3.8, 4) is 0 Å². The normalized spacial score (nSPS) is 20.3. The second kappa shape index (κ2) is 16.6. The molecule has 0 spiro atoms. The minimum atomic E-state index is -1.000. The Morgan fingerprint density at radius 1 is 0.818 bits per heavy atom. The SMILES string of the molecule is CC(C)C[C@H](NC(=O)CNC(=O)CN1CCOCC1)C(=O)N[C@@H](Cc1ccccc1)C(=O)N[C@@H](CC(C)C)C(=O)[C@@]1(C)CO1. The smallest absolute Gasteiger partial charge is 0.243 e. The lowest BCUT2D eigenvalue weighted by Crippen LogP contribution is -2.58. The van der Waals surface area contributed by atoms with E-state index in [-0.39, 0.29) is 43.0 Å². The number of carbonyl (C=O) groups excluding carboxylic acids is 5. The number of epoxide rings is 1. The van der Waals surface area contributed by atoms with Gasteiger partial charge in [-0.15, -0.1) is 0 Å². The molecular weight excluding hydrogens is 566 g/mol. The highest BCUT2D eigenvalue weighted by Gasteiger charge is 2.50. The monoisotopic (exact) mass is 615 g/mol. The third-order valence-electron chi connectivity index (χ3n) is 7.63. The number of nitrogens with one attached hydrogen (secondary N) is 4. The fourth-order valence-electron chi connectivity index (χ4n) is 5.07. The van der Waals surface area contributed by atoms with Crippen molar-refractivity contribution < 1.29 is 33.4 Å². The molecule has 0 saturated carbocycles. The number of hydrogen-bond donors (Lipinski definition) is 4. The summed E-state index contributed by atoms with van der Waals surface area (Å²) in [5.41, 5.74) is -0.0838. The number of rotatable bonds is 17. The lowest BCUT2D eigenvalue weighted by atomic mass is 9.93. The molecule has 12 nitrogen and oxygen atoms in total. The van der Waals surface area contributed by atoms with Crippen LogP contribution in [0.1, 0.15) is 53.0 Å². The molecule has 0 unspecified atom stereocenters. The third-order valence-corrected chi connectivity index (χ3v) is 7.63. The van der Waals surface area contributed by atoms with Gasteiger partial charge in [-0.05, 0) is 37.2 Å². The molecule has 44 heavy (non-hydrogen) atoms. The number of ketones is 1. The molecule has 2 saturated heterocycles. The Morgan fingerprint density at radius 2 is 1.39 bits per heavy atom. The summed E-state index contributed by atoms with van der Waals surface area (Å²) in [4.78, 5) is 67.5. The van der Waals surface area contributed by atoms with Crippen LogP contribution in [0.2, 0.25) is 0 Å². The summed E-state index contributed by atoms with van der Waals surface area (Å²) in [6.07, 6.45) is 0.941. The average Bonchev–Trinajstić information content (AvgIpc) is 3.73. The van der Waals surface area contributed by atoms with Crippen molar-refractivity contribution in [3.05, 3.63) is 35.9 Å². The number of amides is 4. The van der Waals surface area contributed by atoms with Gasteiger partial charge in [-0.1, -0.05) is 58.0 Å². The van der Waals surface area contributed by atoms with E-state index >= 15 is 0 Å². The summed E-state index contributed by atoms with van der Waals surface area (Å²) in [6.45, 7) is 12.1. The van der Waals surface area contributed by atoms with Gasteiger partial charge in [0.25, 0.3) is 0 Å². The van der Waals surface area contributed by atoms with Gasteiger partial charge < -0.3 is 30.7 Å². The molecule has 0 aromatic heterocycles. The molecule has 4 amide bonds. The van der Waals surface area contributed by atoms with Crippen LogP contribution in [0.3, 0.4) is 0 Å². The van der Waals surface area contributed by atoms with Crippen LogP contribution in [0.4, 0.5) is 0 Å². The minimum Gasteiger partial charge on any atom is -0.379 e. The van der Waals surface area contributed by atoms with E-state index in [1.165, 1.54) is 0 Å². The second-order valence-corrected chi connectivity index (χ2v) is 12.7. The maximum atomic E-state index is 13.7. The molecule has 244 valence electrons. The van der Waals surface area contributed by atoms with Crippen LogP contribution in [0.5, 0.6) is 0 Å². The fraction of sp³-hybridized carbons (Fsp3) is 0.656. The number of Topliss-reactive ketones (excluding diaryl/α,β-unsaturated/α-hetero) is 1. The Bertz CT molecular complexity index is 1130. The fourth-order valence-corrected chi connectivity index (χ4v) is 5.07. The van der Waals surface area contributed by atoms with Crippen LogP contribution in [0, 0.1) is 11.8 Å². The molecule has 0 radical (unpaired) electrons. The van der Waals surface area contributed by atoms with E-state index in [0.29, 0.717) is 45.8 Å². The topological polar surface area (TPSA) is 158 Å². The van der Waals surface area contributed by atoms with Crippen molar-refractivity contribution in [2.45, 2.75) is 77.6 Å². The summed E-state index contributed by atoms with van der Waals surface area (Å²) in [5, 5.41) is 11.0. The molecule has 3 rings (SSSR count). The number of morpholine rings is 1. The lowest BCUT2D eigenvalue weighted by molar-refractivity contribution is -0.134. The molecule has 0 bridgehead atoms. The van der Waals surface area contributed by atoms with Crippen LogP contribution in [-0.2, 0) is 39.9 Å². The van der Waals surface area contributed by atoms with E-state index in [9.17, 15) is 24.0 Å². The van der Waals surface area contributed by atoms with Crippen LogP contribution in [-0.4, -0.2) is 104 Å². The minimum absolute atomic E-state index is 0.0516. The van der Waals surface area contributed by atoms with Crippen molar-refractivity contribution >= 4 is 29.4 Å². The van der Waals surface area contributed by atoms with Crippen molar-refractivity contribution in [3.63, 3.8) is 0 Å². The van der Waals surface area contributed by atoms with Gasteiger partial charge >= 0.3 is 0 Å². The van der Waals surface area contributed by atoms with Gasteiger partial charge in [-0.2, -0.15) is 0 Å². The second-order valence-electron chi connectivity index (χ2n) is 12.7. The molecule has 1 aromatic rings. The first-order valence-corrected chi connectivity index (χ1v) is 15.6. The van der Waals surface area contributed by atoms with Crippen LogP contribution in [0.25, 0.3) is 0 Å². The molecule has 2 aliphatic heterocycles. The Labute approximate surface area is 260 Å². The van der Waals surface area contributed by atoms with Crippen molar-refractivity contribution in [1.82, 2.24) is 26.2 Å². The highest BCUT2D eigenvalue weighted by Crippen LogP contribution is 2.29. The van der Waals surface area contributed by atoms with Crippen molar-refractivity contribution in [2.75, 3.05) is 46.0 Å². The number of benzene rings is 1. The maximum absolute atomic E-state index is 13.7. The first-order chi connectivity index (χ1) is 20.9. The summed E-state index contributed by atoms with van der Waals surface area (Å²) < 4.78 is 10.6. The zero-order valence-electron chi connectivity index (χ0n) is 26.6. The van der Waals surface area contributed by atoms with E-state index in [1.807, 2.05) is 62.9 Å². The standard InChI is InChI=1S/C32H49N5O7/c1-21(2)15-24(29(40)32(5)20-44-32)35-31(42)26(17-23-9-7-6-8-10-23)36-30(41)25(16-22(3)4)34-27(38)18-33-28(39)19-37-11-13-43-14-12-37/h6-10,21-22,24-26H,11-20H2,1-5H3,(H,33,39)(H,34,38)(H,35,42)(H,36,41)/t24-,25-,26-,32+/m0/s1. The molecular formula is C32H49N5O7. The van der Waals surface area contributed by atoms with E-state index in [0.717, 1.165) is 5.56 Å². The summed E-state index contributed by atoms with van der Waals surface area (Å²) >= 11 is 0. The van der Waals surface area contributed by atoms with Gasteiger partial charge in [0.1, 0.15) is 17.7 Å². The van der Waals surface area contributed by atoms with Gasteiger partial charge in [0.2, 0.25) is 23.6 Å². The van der Waals surface area contributed by atoms with Crippen molar-refractivity contribution in [2.24, 2.45) is 11.8 Å². The van der Waals surface area contributed by atoms with E-state index in [4.69, 9.17) is 9.47 Å². The van der Waals surface area contributed by atoms with Crippen molar-refractivity contribution in [1.29, 1.82) is 0 Å². The molecule has 2 fully saturated rings. The lowest BCUT2D eigenvalue weighted by Gasteiger charge is -2.27. The average molecular weight is 616 g/mol. The molecule has 2 aliphatic rings. The van der Waals surface area contributed by atoms with Gasteiger partial charge in [-0.3, -0.25) is 28.9 Å². The predicted octanol–water partition coefficient (Wildman–Crippen LogP) is 0.582. The molecule has 2 heterocycles. The molecule has 12 heteroatoms. The highest BCUT2D eigenvalue weighted by atomic mass is 16.6. The van der Waals surface area contributed by atoms with Gasteiger partial charge in [0.05, 0.1) is 39.0 Å². The van der Waals surface area contributed by atoms with E-state index in [1.54, 1.807) is 6.92 Å². The van der Waals surface area contributed by atoms with Crippen LogP contribution in [0.15, 0.2) is 30.3 Å². The quantitative estimate of drug-likeness (QED) is 0.185.